The highest BCUT2D eigenvalue weighted by Gasteiger charge is 2.53. The Labute approximate surface area is 135 Å². The molecule has 1 aliphatic rings. The van der Waals surface area contributed by atoms with Crippen LogP contribution in [0.2, 0.25) is 0 Å². The summed E-state index contributed by atoms with van der Waals surface area (Å²) in [6.07, 6.45) is 5.18. The van der Waals surface area contributed by atoms with Gasteiger partial charge >= 0.3 is 0 Å². The molecule has 1 aliphatic carbocycles. The predicted octanol–water partition coefficient (Wildman–Crippen LogP) is 5.91. The molecule has 0 radical (unpaired) electrons. The predicted molar refractivity (Wildman–Crippen MR) is 94.9 cm³/mol. The van der Waals surface area contributed by atoms with Crippen molar-refractivity contribution < 1.29 is 0 Å². The molecule has 0 N–H and O–H groups in total. The highest BCUT2D eigenvalue weighted by Crippen LogP contribution is 2.60. The quantitative estimate of drug-likeness (QED) is 0.656. The molecule has 0 heteroatoms. The molecular weight excluding hydrogens is 264 g/mol. The van der Waals surface area contributed by atoms with E-state index in [9.17, 15) is 0 Å². The van der Waals surface area contributed by atoms with Crippen LogP contribution in [0.15, 0.2) is 60.7 Å². The minimum atomic E-state index is 0.348. The van der Waals surface area contributed by atoms with Crippen LogP contribution in [0.4, 0.5) is 0 Å². The zero-order valence-electron chi connectivity index (χ0n) is 14.2. The summed E-state index contributed by atoms with van der Waals surface area (Å²) in [4.78, 5) is 0. The second-order valence-corrected chi connectivity index (χ2v) is 7.99. The first-order chi connectivity index (χ1) is 10.5. The van der Waals surface area contributed by atoms with E-state index >= 15 is 0 Å². The minimum Gasteiger partial charge on any atom is -0.0622 e. The Morgan fingerprint density at radius 3 is 1.86 bits per heavy atom. The van der Waals surface area contributed by atoms with Crippen LogP contribution in [0.5, 0.6) is 0 Å². The van der Waals surface area contributed by atoms with E-state index in [-0.39, 0.29) is 0 Å². The molecule has 1 saturated carbocycles. The summed E-state index contributed by atoms with van der Waals surface area (Å²) in [5.74, 6) is 0.801. The number of hydrogen-bond donors (Lipinski definition) is 0. The Bertz CT molecular complexity index is 591. The van der Waals surface area contributed by atoms with Crippen LogP contribution < -0.4 is 0 Å². The highest BCUT2D eigenvalue weighted by atomic mass is 14.6. The number of hydrogen-bond acceptors (Lipinski definition) is 0. The molecule has 116 valence electrons. The van der Waals surface area contributed by atoms with Gasteiger partial charge in [-0.25, -0.2) is 0 Å². The van der Waals surface area contributed by atoms with Gasteiger partial charge in [0.2, 0.25) is 0 Å². The summed E-state index contributed by atoms with van der Waals surface area (Å²) in [7, 11) is 0. The van der Waals surface area contributed by atoms with Crippen molar-refractivity contribution >= 4 is 0 Å². The lowest BCUT2D eigenvalue weighted by Crippen LogP contribution is -2.52. The molecule has 0 nitrogen and oxygen atoms in total. The van der Waals surface area contributed by atoms with E-state index in [1.165, 1.54) is 36.8 Å². The monoisotopic (exact) mass is 292 g/mol. The summed E-state index contributed by atoms with van der Waals surface area (Å²) in [5, 5.41) is 0. The SMILES string of the molecule is CC(C)(C)C1(Cc2ccccc2)CCC1Cc1ccccc1. The van der Waals surface area contributed by atoms with Crippen LogP contribution in [-0.4, -0.2) is 0 Å². The van der Waals surface area contributed by atoms with Gasteiger partial charge in [-0.05, 0) is 53.6 Å². The van der Waals surface area contributed by atoms with Crippen LogP contribution in [-0.2, 0) is 12.8 Å². The molecule has 2 aromatic rings. The minimum absolute atomic E-state index is 0.348. The summed E-state index contributed by atoms with van der Waals surface area (Å²) in [6.45, 7) is 7.31. The van der Waals surface area contributed by atoms with Crippen molar-refractivity contribution in [2.45, 2.75) is 46.5 Å². The maximum Gasteiger partial charge on any atom is -0.0177 e. The Kier molecular flexibility index (Phi) is 4.12. The Balaban J connectivity index is 1.84. The van der Waals surface area contributed by atoms with Gasteiger partial charge in [0.15, 0.2) is 0 Å². The summed E-state index contributed by atoms with van der Waals surface area (Å²) in [5.41, 5.74) is 3.77. The lowest BCUT2D eigenvalue weighted by molar-refractivity contribution is -0.0734. The summed E-state index contributed by atoms with van der Waals surface area (Å²) < 4.78 is 0. The molecule has 0 spiro atoms. The number of benzene rings is 2. The molecule has 0 aromatic heterocycles. The van der Waals surface area contributed by atoms with E-state index < -0.39 is 0 Å². The maximum absolute atomic E-state index is 2.44. The van der Waals surface area contributed by atoms with Crippen LogP contribution in [0, 0.1) is 16.7 Å². The van der Waals surface area contributed by atoms with Gasteiger partial charge < -0.3 is 0 Å². The molecule has 2 aromatic carbocycles. The smallest absolute Gasteiger partial charge is 0.0177 e. The van der Waals surface area contributed by atoms with E-state index in [4.69, 9.17) is 0 Å². The van der Waals surface area contributed by atoms with Gasteiger partial charge in [-0.2, -0.15) is 0 Å². The average molecular weight is 292 g/mol. The molecule has 0 amide bonds. The van der Waals surface area contributed by atoms with E-state index in [2.05, 4.69) is 81.4 Å². The van der Waals surface area contributed by atoms with E-state index in [1.807, 2.05) is 0 Å². The third-order valence-corrected chi connectivity index (χ3v) is 5.90. The first-order valence-corrected chi connectivity index (χ1v) is 8.59. The zero-order valence-corrected chi connectivity index (χ0v) is 14.2. The average Bonchev–Trinajstić information content (AvgIpc) is 2.50. The molecule has 3 rings (SSSR count). The molecule has 1 fully saturated rings. The van der Waals surface area contributed by atoms with Gasteiger partial charge in [0.05, 0.1) is 0 Å². The molecule has 0 aliphatic heterocycles. The van der Waals surface area contributed by atoms with E-state index in [0.29, 0.717) is 10.8 Å². The van der Waals surface area contributed by atoms with E-state index in [1.54, 1.807) is 0 Å². The van der Waals surface area contributed by atoms with Crippen molar-refractivity contribution in [2.24, 2.45) is 16.7 Å². The zero-order chi connectivity index (χ0) is 15.6. The second-order valence-electron chi connectivity index (χ2n) is 7.99. The lowest BCUT2D eigenvalue weighted by Gasteiger charge is -2.58. The fourth-order valence-electron chi connectivity index (χ4n) is 4.34. The van der Waals surface area contributed by atoms with Crippen molar-refractivity contribution in [3.8, 4) is 0 Å². The van der Waals surface area contributed by atoms with Crippen LogP contribution in [0.1, 0.15) is 44.7 Å². The molecule has 0 saturated heterocycles. The van der Waals surface area contributed by atoms with Crippen molar-refractivity contribution in [1.29, 1.82) is 0 Å². The van der Waals surface area contributed by atoms with Gasteiger partial charge in [-0.15, -0.1) is 0 Å². The Morgan fingerprint density at radius 1 is 0.864 bits per heavy atom. The van der Waals surface area contributed by atoms with Gasteiger partial charge in [-0.3, -0.25) is 0 Å². The van der Waals surface area contributed by atoms with E-state index in [0.717, 1.165) is 5.92 Å². The molecule has 0 heterocycles. The maximum atomic E-state index is 2.44. The number of rotatable bonds is 4. The third-order valence-electron chi connectivity index (χ3n) is 5.90. The van der Waals surface area contributed by atoms with Gasteiger partial charge in [0.25, 0.3) is 0 Å². The standard InChI is InChI=1S/C22H28/c1-21(2,3)22(17-19-12-8-5-9-13-19)15-14-20(22)16-18-10-6-4-7-11-18/h4-13,20H,14-17H2,1-3H3. The third kappa shape index (κ3) is 2.84. The van der Waals surface area contributed by atoms with Crippen molar-refractivity contribution in [3.05, 3.63) is 71.8 Å². The summed E-state index contributed by atoms with van der Waals surface area (Å²) in [6, 6.07) is 22.1. The molecule has 22 heavy (non-hydrogen) atoms. The lowest BCUT2D eigenvalue weighted by atomic mass is 9.46. The van der Waals surface area contributed by atoms with Gasteiger partial charge in [-0.1, -0.05) is 81.4 Å². The topological polar surface area (TPSA) is 0 Å². The fourth-order valence-corrected chi connectivity index (χ4v) is 4.34. The molecule has 2 unspecified atom stereocenters. The Hall–Kier alpha value is -1.56. The van der Waals surface area contributed by atoms with Crippen LogP contribution >= 0.6 is 0 Å². The first kappa shape index (κ1) is 15.3. The van der Waals surface area contributed by atoms with Crippen molar-refractivity contribution in [2.75, 3.05) is 0 Å². The van der Waals surface area contributed by atoms with Crippen LogP contribution in [0.3, 0.4) is 0 Å². The fraction of sp³-hybridized carbons (Fsp3) is 0.455. The highest BCUT2D eigenvalue weighted by molar-refractivity contribution is 5.22. The molecule has 0 bridgehead atoms. The second kappa shape index (κ2) is 5.91. The van der Waals surface area contributed by atoms with Gasteiger partial charge in [0.1, 0.15) is 0 Å². The molecular formula is C22H28. The first-order valence-electron chi connectivity index (χ1n) is 8.59. The van der Waals surface area contributed by atoms with Crippen molar-refractivity contribution in [3.63, 3.8) is 0 Å². The summed E-state index contributed by atoms with van der Waals surface area (Å²) >= 11 is 0. The van der Waals surface area contributed by atoms with Gasteiger partial charge in [0, 0.05) is 0 Å². The normalized spacial score (nSPS) is 24.8. The largest absolute Gasteiger partial charge is 0.0622 e. The van der Waals surface area contributed by atoms with Crippen molar-refractivity contribution in [1.82, 2.24) is 0 Å². The van der Waals surface area contributed by atoms with Crippen LogP contribution in [0.25, 0.3) is 0 Å². The molecule has 2 atom stereocenters. The Morgan fingerprint density at radius 2 is 1.41 bits per heavy atom.